The molecule has 1 fully saturated rings. The normalized spacial score (nSPS) is 22.7. The lowest BCUT2D eigenvalue weighted by atomic mass is 10.2. The second-order valence-electron chi connectivity index (χ2n) is 4.59. The van der Waals surface area contributed by atoms with Gasteiger partial charge in [-0.3, -0.25) is 14.5 Å². The third kappa shape index (κ3) is 3.64. The summed E-state index contributed by atoms with van der Waals surface area (Å²) in [6, 6.07) is 2.39. The number of carbonyl (C=O) groups excluding carboxylic acids is 2. The Morgan fingerprint density at radius 2 is 2.30 bits per heavy atom. The molecule has 0 saturated carbocycles. The monoisotopic (exact) mass is 300 g/mol. The molecular weight excluding hydrogens is 287 g/mol. The highest BCUT2D eigenvalue weighted by Gasteiger charge is 2.36. The lowest BCUT2D eigenvalue weighted by Crippen LogP contribution is -2.43. The quantitative estimate of drug-likeness (QED) is 0.851. The van der Waals surface area contributed by atoms with E-state index in [-0.39, 0.29) is 25.4 Å². The second kappa shape index (κ2) is 6.15. The van der Waals surface area contributed by atoms with E-state index in [2.05, 4.69) is 10.3 Å². The van der Waals surface area contributed by atoms with Crippen molar-refractivity contribution in [1.82, 2.24) is 9.88 Å². The fraction of sp³-hybridized carbons (Fsp3) is 0.417. The maximum Gasteiger partial charge on any atom is 0.239 e. The average molecular weight is 301 g/mol. The Bertz CT molecular complexity index is 511. The van der Waals surface area contributed by atoms with Crippen LogP contribution in [-0.4, -0.2) is 47.0 Å². The molecular formula is C12H14ClFN4O2. The maximum absolute atomic E-state index is 13.3. The summed E-state index contributed by atoms with van der Waals surface area (Å²) in [7, 11) is 0. The zero-order valence-corrected chi connectivity index (χ0v) is 11.3. The van der Waals surface area contributed by atoms with Gasteiger partial charge in [0, 0.05) is 19.2 Å². The molecule has 2 atom stereocenters. The summed E-state index contributed by atoms with van der Waals surface area (Å²) in [6.07, 6.45) is 0.285. The van der Waals surface area contributed by atoms with Gasteiger partial charge in [-0.2, -0.15) is 0 Å². The summed E-state index contributed by atoms with van der Waals surface area (Å²) in [4.78, 5) is 28.4. The van der Waals surface area contributed by atoms with E-state index in [0.29, 0.717) is 10.8 Å². The van der Waals surface area contributed by atoms with Gasteiger partial charge in [0.25, 0.3) is 0 Å². The minimum atomic E-state index is -1.14. The van der Waals surface area contributed by atoms with Crippen LogP contribution in [0.1, 0.15) is 6.42 Å². The molecule has 20 heavy (non-hydrogen) atoms. The molecule has 1 saturated heterocycles. The lowest BCUT2D eigenvalue weighted by molar-refractivity contribution is -0.123. The van der Waals surface area contributed by atoms with Crippen molar-refractivity contribution < 1.29 is 14.0 Å². The first-order valence-electron chi connectivity index (χ1n) is 6.04. The minimum Gasteiger partial charge on any atom is -0.368 e. The van der Waals surface area contributed by atoms with Gasteiger partial charge in [0.15, 0.2) is 0 Å². The molecule has 2 rings (SSSR count). The van der Waals surface area contributed by atoms with E-state index in [9.17, 15) is 14.0 Å². The number of primary amides is 1. The van der Waals surface area contributed by atoms with Crippen molar-refractivity contribution in [1.29, 1.82) is 0 Å². The van der Waals surface area contributed by atoms with Crippen LogP contribution in [0.5, 0.6) is 0 Å². The van der Waals surface area contributed by atoms with Crippen molar-refractivity contribution in [3.8, 4) is 0 Å². The van der Waals surface area contributed by atoms with Gasteiger partial charge in [-0.25, -0.2) is 9.37 Å². The smallest absolute Gasteiger partial charge is 0.239 e. The Hall–Kier alpha value is -1.73. The number of rotatable bonds is 4. The zero-order chi connectivity index (χ0) is 14.7. The molecule has 108 valence electrons. The number of halogens is 2. The fourth-order valence-electron chi connectivity index (χ4n) is 2.13. The van der Waals surface area contributed by atoms with Gasteiger partial charge in [0.05, 0.1) is 17.6 Å². The van der Waals surface area contributed by atoms with Crippen molar-refractivity contribution in [2.75, 3.05) is 18.4 Å². The number of alkyl halides is 1. The molecule has 1 aromatic rings. The Morgan fingerprint density at radius 3 is 2.90 bits per heavy atom. The summed E-state index contributed by atoms with van der Waals surface area (Å²) in [5, 5.41) is 3.00. The highest BCUT2D eigenvalue weighted by atomic mass is 35.5. The third-order valence-electron chi connectivity index (χ3n) is 3.02. The molecule has 1 aromatic heterocycles. The lowest BCUT2D eigenvalue weighted by Gasteiger charge is -2.20. The predicted molar refractivity (Wildman–Crippen MR) is 71.9 cm³/mol. The van der Waals surface area contributed by atoms with Crippen LogP contribution in [0.25, 0.3) is 0 Å². The number of likely N-dealkylation sites (tertiary alicyclic amines) is 1. The van der Waals surface area contributed by atoms with Crippen LogP contribution in [0.2, 0.25) is 5.02 Å². The van der Waals surface area contributed by atoms with Crippen LogP contribution < -0.4 is 11.1 Å². The SMILES string of the molecule is NC(=O)[C@@H]1C[C@@H](F)CN1CC(=O)Nc1ccc(Cl)cn1. The minimum absolute atomic E-state index is 0.0229. The molecule has 0 spiro atoms. The van der Waals surface area contributed by atoms with Gasteiger partial charge in [0.1, 0.15) is 12.0 Å². The first kappa shape index (κ1) is 14.7. The summed E-state index contributed by atoms with van der Waals surface area (Å²) < 4.78 is 13.3. The second-order valence-corrected chi connectivity index (χ2v) is 5.03. The highest BCUT2D eigenvalue weighted by molar-refractivity contribution is 6.30. The van der Waals surface area contributed by atoms with Crippen molar-refractivity contribution in [3.63, 3.8) is 0 Å². The first-order chi connectivity index (χ1) is 9.45. The number of nitrogens with one attached hydrogen (secondary N) is 1. The predicted octanol–water partition coefficient (Wildman–Crippen LogP) is 0.571. The van der Waals surface area contributed by atoms with Gasteiger partial charge in [0.2, 0.25) is 11.8 Å². The van der Waals surface area contributed by atoms with Crippen LogP contribution >= 0.6 is 11.6 Å². The summed E-state index contributed by atoms with van der Waals surface area (Å²) in [6.45, 7) is -0.0899. The molecule has 6 nitrogen and oxygen atoms in total. The third-order valence-corrected chi connectivity index (χ3v) is 3.25. The Balaban J connectivity index is 1.93. The molecule has 2 amide bonds. The molecule has 0 radical (unpaired) electrons. The molecule has 1 aliphatic rings. The Morgan fingerprint density at radius 1 is 1.55 bits per heavy atom. The molecule has 0 bridgehead atoms. The van der Waals surface area contributed by atoms with Crippen LogP contribution in [-0.2, 0) is 9.59 Å². The van der Waals surface area contributed by atoms with Gasteiger partial charge in [-0.1, -0.05) is 11.6 Å². The van der Waals surface area contributed by atoms with E-state index >= 15 is 0 Å². The van der Waals surface area contributed by atoms with E-state index in [4.69, 9.17) is 17.3 Å². The van der Waals surface area contributed by atoms with Crippen LogP contribution in [0.15, 0.2) is 18.3 Å². The van der Waals surface area contributed by atoms with E-state index in [1.807, 2.05) is 0 Å². The largest absolute Gasteiger partial charge is 0.368 e. The molecule has 3 N–H and O–H groups in total. The molecule has 0 aliphatic carbocycles. The number of anilines is 1. The van der Waals surface area contributed by atoms with Crippen molar-refractivity contribution in [2.45, 2.75) is 18.6 Å². The van der Waals surface area contributed by atoms with Crippen molar-refractivity contribution in [2.24, 2.45) is 5.73 Å². The average Bonchev–Trinajstić information content (AvgIpc) is 2.73. The number of carbonyl (C=O) groups is 2. The molecule has 0 aromatic carbocycles. The molecule has 0 unspecified atom stereocenters. The van der Waals surface area contributed by atoms with Crippen LogP contribution in [0.4, 0.5) is 10.2 Å². The van der Waals surface area contributed by atoms with Gasteiger partial charge >= 0.3 is 0 Å². The Kier molecular flexibility index (Phi) is 4.51. The first-order valence-corrected chi connectivity index (χ1v) is 6.42. The van der Waals surface area contributed by atoms with E-state index in [1.165, 1.54) is 11.1 Å². The summed E-state index contributed by atoms with van der Waals surface area (Å²) >= 11 is 5.68. The molecule has 1 aliphatic heterocycles. The number of hydrogen-bond donors (Lipinski definition) is 2. The molecule has 2 heterocycles. The topological polar surface area (TPSA) is 88.3 Å². The van der Waals surface area contributed by atoms with E-state index in [1.54, 1.807) is 12.1 Å². The van der Waals surface area contributed by atoms with E-state index < -0.39 is 18.1 Å². The zero-order valence-electron chi connectivity index (χ0n) is 10.6. The number of nitrogens with zero attached hydrogens (tertiary/aromatic N) is 2. The van der Waals surface area contributed by atoms with Crippen LogP contribution in [0, 0.1) is 0 Å². The van der Waals surface area contributed by atoms with Gasteiger partial charge in [-0.15, -0.1) is 0 Å². The maximum atomic E-state index is 13.3. The number of hydrogen-bond acceptors (Lipinski definition) is 4. The van der Waals surface area contributed by atoms with Crippen molar-refractivity contribution >= 4 is 29.2 Å². The number of amides is 2. The summed E-state index contributed by atoms with van der Waals surface area (Å²) in [5.41, 5.74) is 5.19. The van der Waals surface area contributed by atoms with Gasteiger partial charge < -0.3 is 11.1 Å². The van der Waals surface area contributed by atoms with Crippen molar-refractivity contribution in [3.05, 3.63) is 23.4 Å². The van der Waals surface area contributed by atoms with E-state index in [0.717, 1.165) is 0 Å². The standard InChI is InChI=1S/C12H14ClFN4O2/c13-7-1-2-10(16-4-7)17-11(19)6-18-5-8(14)3-9(18)12(15)20/h1-2,4,8-9H,3,5-6H2,(H2,15,20)(H,16,17,19)/t8-,9+/m1/s1. The molecule has 8 heteroatoms. The Labute approximate surface area is 120 Å². The highest BCUT2D eigenvalue weighted by Crippen LogP contribution is 2.20. The number of aromatic nitrogens is 1. The number of pyridine rings is 1. The fourth-order valence-corrected chi connectivity index (χ4v) is 2.25. The van der Waals surface area contributed by atoms with Crippen LogP contribution in [0.3, 0.4) is 0 Å². The summed E-state index contributed by atoms with van der Waals surface area (Å²) in [5.74, 6) is -0.672. The number of nitrogens with two attached hydrogens (primary N) is 1. The van der Waals surface area contributed by atoms with Gasteiger partial charge in [-0.05, 0) is 12.1 Å².